The van der Waals surface area contributed by atoms with Crippen LogP contribution in [-0.2, 0) is 20.8 Å². The summed E-state index contributed by atoms with van der Waals surface area (Å²) < 4.78 is 16.7. The highest BCUT2D eigenvalue weighted by molar-refractivity contribution is 7.99. The molecule has 1 N–H and O–H groups in total. The van der Waals surface area contributed by atoms with Gasteiger partial charge in [0.2, 0.25) is 11.7 Å². The van der Waals surface area contributed by atoms with Crippen LogP contribution in [0.5, 0.6) is 0 Å². The number of methoxy groups -OCH3 is 2. The summed E-state index contributed by atoms with van der Waals surface area (Å²) >= 11 is 2.11. The average molecular weight is 477 g/mol. The largest absolute Gasteiger partial charge is 0.465 e. The number of allylic oxidation sites excluding steroid dienone is 1. The van der Waals surface area contributed by atoms with E-state index in [4.69, 9.17) is 13.9 Å². The third-order valence-electron chi connectivity index (χ3n) is 4.26. The van der Waals surface area contributed by atoms with E-state index >= 15 is 0 Å². The molecule has 1 amide bonds. The number of hydrogen-bond donors (Lipinski definition) is 1. The zero-order valence-electron chi connectivity index (χ0n) is 17.5. The summed E-state index contributed by atoms with van der Waals surface area (Å²) in [7, 11) is 2.46. The van der Waals surface area contributed by atoms with Crippen LogP contribution >= 0.6 is 23.1 Å². The smallest absolute Gasteiger partial charge is 0.348 e. The fourth-order valence-corrected chi connectivity index (χ4v) is 4.68. The van der Waals surface area contributed by atoms with Crippen molar-refractivity contribution in [2.24, 2.45) is 0 Å². The van der Waals surface area contributed by atoms with E-state index in [1.165, 1.54) is 20.5 Å². The minimum Gasteiger partial charge on any atom is -0.465 e. The molecule has 0 saturated carbocycles. The zero-order chi connectivity index (χ0) is 23.3. The van der Waals surface area contributed by atoms with Crippen molar-refractivity contribution in [3.8, 4) is 11.6 Å². The van der Waals surface area contributed by atoms with Gasteiger partial charge in [0, 0.05) is 6.54 Å². The van der Waals surface area contributed by atoms with Gasteiger partial charge in [0.15, 0.2) is 10.9 Å². The Morgan fingerprint density at radius 3 is 2.66 bits per heavy atom. The van der Waals surface area contributed by atoms with Gasteiger partial charge < -0.3 is 19.2 Å². The van der Waals surface area contributed by atoms with Crippen LogP contribution in [0, 0.1) is 6.92 Å². The van der Waals surface area contributed by atoms with Crippen molar-refractivity contribution >= 4 is 45.9 Å². The van der Waals surface area contributed by atoms with E-state index in [-0.39, 0.29) is 21.2 Å². The van der Waals surface area contributed by atoms with E-state index < -0.39 is 17.8 Å². The average Bonchev–Trinajstić information content (AvgIpc) is 3.51. The van der Waals surface area contributed by atoms with E-state index in [1.54, 1.807) is 29.7 Å². The molecule has 3 aromatic rings. The van der Waals surface area contributed by atoms with Crippen molar-refractivity contribution in [1.29, 1.82) is 0 Å². The number of aromatic nitrogens is 3. The van der Waals surface area contributed by atoms with E-state index in [1.807, 2.05) is 0 Å². The molecule has 3 aromatic heterocycles. The summed E-state index contributed by atoms with van der Waals surface area (Å²) in [4.78, 5) is 37.0. The number of hydrogen-bond acceptors (Lipinski definition) is 10. The Kier molecular flexibility index (Phi) is 7.49. The summed E-state index contributed by atoms with van der Waals surface area (Å²) in [5, 5.41) is 11.7. The minimum atomic E-state index is -0.661. The maximum Gasteiger partial charge on any atom is 0.348 e. The molecule has 168 valence electrons. The zero-order valence-corrected chi connectivity index (χ0v) is 19.2. The van der Waals surface area contributed by atoms with Crippen LogP contribution in [0.2, 0.25) is 0 Å². The molecular weight excluding hydrogens is 456 g/mol. The van der Waals surface area contributed by atoms with Crippen LogP contribution in [0.4, 0.5) is 5.00 Å². The molecule has 0 atom stereocenters. The van der Waals surface area contributed by atoms with Crippen molar-refractivity contribution < 1.29 is 28.3 Å². The summed E-state index contributed by atoms with van der Waals surface area (Å²) in [5.41, 5.74) is 0.497. The number of thiophene rings is 1. The van der Waals surface area contributed by atoms with Gasteiger partial charge in [0.05, 0.1) is 31.8 Å². The molecule has 12 heteroatoms. The monoisotopic (exact) mass is 476 g/mol. The van der Waals surface area contributed by atoms with Crippen molar-refractivity contribution in [3.05, 3.63) is 47.1 Å². The normalized spacial score (nSPS) is 10.6. The molecule has 0 spiro atoms. The number of anilines is 1. The lowest BCUT2D eigenvalue weighted by Crippen LogP contribution is -2.16. The SMILES string of the molecule is C=CCn1c(SCC(=O)Nc2sc(C(=O)OC)c(C)c2C(=O)OC)nnc1-c1ccco1. The second-order valence-electron chi connectivity index (χ2n) is 6.26. The Bertz CT molecular complexity index is 1150. The first kappa shape index (κ1) is 23.3. The van der Waals surface area contributed by atoms with Gasteiger partial charge in [-0.2, -0.15) is 0 Å². The molecule has 0 aliphatic heterocycles. The predicted octanol–water partition coefficient (Wildman–Crippen LogP) is 3.40. The fraction of sp³-hybridized carbons (Fsp3) is 0.250. The van der Waals surface area contributed by atoms with Crippen LogP contribution in [0.3, 0.4) is 0 Å². The van der Waals surface area contributed by atoms with Gasteiger partial charge in [-0.25, -0.2) is 9.59 Å². The Morgan fingerprint density at radius 2 is 2.03 bits per heavy atom. The third-order valence-corrected chi connectivity index (χ3v) is 6.42. The highest BCUT2D eigenvalue weighted by Crippen LogP contribution is 2.34. The number of ether oxygens (including phenoxy) is 2. The third kappa shape index (κ3) is 4.75. The summed E-state index contributed by atoms with van der Waals surface area (Å²) in [6.07, 6.45) is 3.22. The molecule has 10 nitrogen and oxygen atoms in total. The first-order valence-corrected chi connectivity index (χ1v) is 11.0. The molecule has 3 heterocycles. The lowest BCUT2D eigenvalue weighted by molar-refractivity contribution is -0.113. The number of furan rings is 1. The molecule has 0 aromatic carbocycles. The molecular formula is C20H20N4O6S2. The first-order valence-electron chi connectivity index (χ1n) is 9.21. The van der Waals surface area contributed by atoms with E-state index in [0.29, 0.717) is 28.8 Å². The van der Waals surface area contributed by atoms with Crippen LogP contribution in [0.25, 0.3) is 11.6 Å². The van der Waals surface area contributed by atoms with Gasteiger partial charge in [-0.05, 0) is 24.6 Å². The molecule has 0 radical (unpaired) electrons. The second-order valence-corrected chi connectivity index (χ2v) is 8.23. The van der Waals surface area contributed by atoms with Gasteiger partial charge in [0.25, 0.3) is 0 Å². The van der Waals surface area contributed by atoms with Crippen molar-refractivity contribution in [2.45, 2.75) is 18.6 Å². The number of carbonyl (C=O) groups excluding carboxylic acids is 3. The van der Waals surface area contributed by atoms with Gasteiger partial charge in [0.1, 0.15) is 9.88 Å². The minimum absolute atomic E-state index is 0.0153. The lowest BCUT2D eigenvalue weighted by atomic mass is 10.1. The molecule has 0 bridgehead atoms. The van der Waals surface area contributed by atoms with E-state index in [2.05, 4.69) is 22.1 Å². The lowest BCUT2D eigenvalue weighted by Gasteiger charge is -2.07. The number of carbonyl (C=O) groups is 3. The van der Waals surface area contributed by atoms with Gasteiger partial charge in [-0.3, -0.25) is 9.36 Å². The number of nitrogens with one attached hydrogen (secondary N) is 1. The molecule has 0 saturated heterocycles. The molecule has 3 rings (SSSR count). The van der Waals surface area contributed by atoms with Crippen LogP contribution in [0.15, 0.2) is 40.6 Å². The van der Waals surface area contributed by atoms with Gasteiger partial charge in [-0.1, -0.05) is 17.8 Å². The maximum absolute atomic E-state index is 12.6. The quantitative estimate of drug-likeness (QED) is 0.281. The van der Waals surface area contributed by atoms with Gasteiger partial charge in [-0.15, -0.1) is 28.1 Å². The standard InChI is InChI=1S/C20H20N4O6S2/c1-5-8-24-16(12-7-6-9-30-12)22-23-20(24)31-10-13(25)21-17-14(18(26)28-3)11(2)15(32-17)19(27)29-4/h5-7,9H,1,8,10H2,2-4H3,(H,21,25). The summed E-state index contributed by atoms with van der Waals surface area (Å²) in [5.74, 6) is -0.615. The number of rotatable bonds is 9. The topological polar surface area (TPSA) is 126 Å². The fourth-order valence-electron chi connectivity index (χ4n) is 2.81. The molecule has 0 fully saturated rings. The molecule has 32 heavy (non-hydrogen) atoms. The molecule has 0 aliphatic rings. The van der Waals surface area contributed by atoms with Crippen LogP contribution in [0.1, 0.15) is 25.6 Å². The highest BCUT2D eigenvalue weighted by atomic mass is 32.2. The summed E-state index contributed by atoms with van der Waals surface area (Å²) in [6.45, 7) is 5.75. The second kappa shape index (κ2) is 10.3. The van der Waals surface area contributed by atoms with Crippen molar-refractivity contribution in [3.63, 3.8) is 0 Å². The molecule has 0 unspecified atom stereocenters. The Morgan fingerprint density at radius 1 is 1.28 bits per heavy atom. The van der Waals surface area contributed by atoms with E-state index in [9.17, 15) is 14.4 Å². The predicted molar refractivity (Wildman–Crippen MR) is 119 cm³/mol. The highest BCUT2D eigenvalue weighted by Gasteiger charge is 2.27. The van der Waals surface area contributed by atoms with Crippen molar-refractivity contribution in [1.82, 2.24) is 14.8 Å². The number of amides is 1. The Labute approximate surface area is 191 Å². The van der Waals surface area contributed by atoms with E-state index in [0.717, 1.165) is 23.1 Å². The molecule has 0 aliphatic carbocycles. The number of esters is 2. The Hall–Kier alpha value is -3.38. The first-order chi connectivity index (χ1) is 15.4. The van der Waals surface area contributed by atoms with Gasteiger partial charge >= 0.3 is 11.9 Å². The maximum atomic E-state index is 12.6. The van der Waals surface area contributed by atoms with Crippen LogP contribution in [-0.4, -0.2) is 52.6 Å². The Balaban J connectivity index is 1.78. The number of thioether (sulfide) groups is 1. The number of nitrogens with zero attached hydrogens (tertiary/aromatic N) is 3. The van der Waals surface area contributed by atoms with Crippen molar-refractivity contribution in [2.75, 3.05) is 25.3 Å². The van der Waals surface area contributed by atoms with Crippen LogP contribution < -0.4 is 5.32 Å². The summed E-state index contributed by atoms with van der Waals surface area (Å²) in [6, 6.07) is 3.50.